The minimum Gasteiger partial charge on any atom is -0.339 e. The number of amides is 1. The minimum absolute atomic E-state index is 0.267. The Bertz CT molecular complexity index is 799. The smallest absolute Gasteiger partial charge is 0.255 e. The fourth-order valence-corrected chi connectivity index (χ4v) is 2.32. The van der Waals surface area contributed by atoms with Crippen LogP contribution in [0.2, 0.25) is 0 Å². The maximum absolute atomic E-state index is 13.2. The second kappa shape index (κ2) is 6.39. The molecule has 0 bridgehead atoms. The number of benzene rings is 1. The third-order valence-corrected chi connectivity index (χ3v) is 3.54. The first-order valence-corrected chi connectivity index (χ1v) is 7.12. The van der Waals surface area contributed by atoms with Crippen molar-refractivity contribution in [2.75, 3.05) is 0 Å². The maximum atomic E-state index is 13.2. The van der Waals surface area contributed by atoms with Crippen LogP contribution >= 0.6 is 0 Å². The van der Waals surface area contributed by atoms with Crippen LogP contribution in [0, 0.1) is 12.7 Å². The molecule has 1 atom stereocenters. The van der Waals surface area contributed by atoms with Crippen LogP contribution in [0.15, 0.2) is 54.9 Å². The molecule has 2 aromatic heterocycles. The van der Waals surface area contributed by atoms with Crippen LogP contribution < -0.4 is 5.32 Å². The quantitative estimate of drug-likeness (QED) is 0.778. The predicted molar refractivity (Wildman–Crippen MR) is 83.3 cm³/mol. The average Bonchev–Trinajstić information content (AvgIpc) is 3.00. The van der Waals surface area contributed by atoms with Crippen molar-refractivity contribution in [2.45, 2.75) is 13.0 Å². The molecule has 0 aliphatic carbocycles. The summed E-state index contributed by atoms with van der Waals surface area (Å²) in [6.45, 7) is 1.77. The Labute approximate surface area is 132 Å². The highest BCUT2D eigenvalue weighted by Crippen LogP contribution is 2.21. The van der Waals surface area contributed by atoms with Crippen molar-refractivity contribution in [2.24, 2.45) is 0 Å². The van der Waals surface area contributed by atoms with Crippen molar-refractivity contribution < 1.29 is 9.18 Å². The first-order valence-electron chi connectivity index (χ1n) is 7.12. The van der Waals surface area contributed by atoms with E-state index in [-0.39, 0.29) is 11.7 Å². The number of pyridine rings is 1. The van der Waals surface area contributed by atoms with Crippen LogP contribution in [0.1, 0.15) is 33.4 Å². The first kappa shape index (κ1) is 14.9. The molecule has 0 saturated heterocycles. The molecule has 2 heterocycles. The lowest BCUT2D eigenvalue weighted by molar-refractivity contribution is 0.0941. The lowest BCUT2D eigenvalue weighted by atomic mass is 10.0. The Morgan fingerprint density at radius 1 is 1.22 bits per heavy atom. The summed E-state index contributed by atoms with van der Waals surface area (Å²) < 4.78 is 13.2. The van der Waals surface area contributed by atoms with E-state index >= 15 is 0 Å². The van der Waals surface area contributed by atoms with E-state index in [1.54, 1.807) is 31.3 Å². The Morgan fingerprint density at radius 3 is 2.61 bits per heavy atom. The van der Waals surface area contributed by atoms with Gasteiger partial charge in [-0.2, -0.15) is 5.10 Å². The molecule has 3 aromatic rings. The first-order chi connectivity index (χ1) is 11.1. The summed E-state index contributed by atoms with van der Waals surface area (Å²) in [5, 5.41) is 9.52. The van der Waals surface area contributed by atoms with Gasteiger partial charge in [-0.05, 0) is 36.8 Å². The van der Waals surface area contributed by atoms with Gasteiger partial charge in [-0.3, -0.25) is 14.9 Å². The number of nitrogens with one attached hydrogen (secondary N) is 2. The molecular weight excluding hydrogens is 295 g/mol. The fraction of sp³-hybridized carbons (Fsp3) is 0.118. The number of hydrogen-bond acceptors (Lipinski definition) is 3. The van der Waals surface area contributed by atoms with Crippen LogP contribution in [-0.4, -0.2) is 21.1 Å². The number of carbonyl (C=O) groups is 1. The van der Waals surface area contributed by atoms with Gasteiger partial charge in [-0.25, -0.2) is 4.39 Å². The van der Waals surface area contributed by atoms with Gasteiger partial charge in [0.25, 0.3) is 5.91 Å². The lowest BCUT2D eigenvalue weighted by Gasteiger charge is -2.18. The molecule has 0 fully saturated rings. The van der Waals surface area contributed by atoms with Gasteiger partial charge >= 0.3 is 0 Å². The Kier molecular flexibility index (Phi) is 4.14. The molecule has 3 rings (SSSR count). The number of hydrogen-bond donors (Lipinski definition) is 2. The van der Waals surface area contributed by atoms with Gasteiger partial charge in [0.15, 0.2) is 0 Å². The van der Waals surface area contributed by atoms with E-state index in [0.717, 1.165) is 5.56 Å². The van der Waals surface area contributed by atoms with E-state index < -0.39 is 6.04 Å². The van der Waals surface area contributed by atoms with Gasteiger partial charge in [0.1, 0.15) is 5.82 Å². The molecule has 0 spiro atoms. The van der Waals surface area contributed by atoms with E-state index in [0.29, 0.717) is 17.0 Å². The fourth-order valence-electron chi connectivity index (χ4n) is 2.32. The zero-order chi connectivity index (χ0) is 16.2. The van der Waals surface area contributed by atoms with Crippen molar-refractivity contribution in [3.05, 3.63) is 83.2 Å². The van der Waals surface area contributed by atoms with Gasteiger partial charge in [0.05, 0.1) is 23.5 Å². The average molecular weight is 310 g/mol. The van der Waals surface area contributed by atoms with Crippen LogP contribution in [0.4, 0.5) is 4.39 Å². The second-order valence-electron chi connectivity index (χ2n) is 5.12. The Hall–Kier alpha value is -3.02. The minimum atomic E-state index is -0.474. The van der Waals surface area contributed by atoms with Gasteiger partial charge in [-0.15, -0.1) is 0 Å². The van der Waals surface area contributed by atoms with Crippen LogP contribution in [-0.2, 0) is 0 Å². The summed E-state index contributed by atoms with van der Waals surface area (Å²) in [4.78, 5) is 16.8. The van der Waals surface area contributed by atoms with Crippen molar-refractivity contribution in [3.8, 4) is 0 Å². The number of aromatic nitrogens is 3. The zero-order valence-electron chi connectivity index (χ0n) is 12.5. The molecule has 0 aliphatic rings. The molecule has 6 heteroatoms. The molecule has 5 nitrogen and oxygen atoms in total. The van der Waals surface area contributed by atoms with Gasteiger partial charge in [0, 0.05) is 11.9 Å². The molecule has 0 saturated carbocycles. The van der Waals surface area contributed by atoms with E-state index in [9.17, 15) is 9.18 Å². The molecule has 1 amide bonds. The van der Waals surface area contributed by atoms with Crippen molar-refractivity contribution in [1.29, 1.82) is 0 Å². The number of aromatic amines is 1. The summed E-state index contributed by atoms with van der Waals surface area (Å²) >= 11 is 0. The SMILES string of the molecule is Cc1[nH]ncc1C(=O)N[C@H](c1ccc(F)cc1)c1ccccn1. The predicted octanol–water partition coefficient (Wildman–Crippen LogP) is 2.77. The normalized spacial score (nSPS) is 11.9. The summed E-state index contributed by atoms with van der Waals surface area (Å²) in [6.07, 6.45) is 3.13. The number of nitrogens with zero attached hydrogens (tertiary/aromatic N) is 2. The monoisotopic (exact) mass is 310 g/mol. The largest absolute Gasteiger partial charge is 0.339 e. The molecule has 2 N–H and O–H groups in total. The molecule has 0 radical (unpaired) electrons. The van der Waals surface area contributed by atoms with Gasteiger partial charge in [-0.1, -0.05) is 18.2 Å². The van der Waals surface area contributed by atoms with E-state index in [4.69, 9.17) is 0 Å². The summed E-state index contributed by atoms with van der Waals surface area (Å²) in [6, 6.07) is 11.0. The molecule has 23 heavy (non-hydrogen) atoms. The summed E-state index contributed by atoms with van der Waals surface area (Å²) in [7, 11) is 0. The Morgan fingerprint density at radius 2 is 2.00 bits per heavy atom. The van der Waals surface area contributed by atoms with Gasteiger partial charge < -0.3 is 5.32 Å². The van der Waals surface area contributed by atoms with Crippen LogP contribution in [0.5, 0.6) is 0 Å². The highest BCUT2D eigenvalue weighted by Gasteiger charge is 2.20. The topological polar surface area (TPSA) is 70.7 Å². The Balaban J connectivity index is 1.94. The molecule has 116 valence electrons. The standard InChI is InChI=1S/C17H15FN4O/c1-11-14(10-20-22-11)17(23)21-16(15-4-2-3-9-19-15)12-5-7-13(18)8-6-12/h2-10,16H,1H3,(H,20,22)(H,21,23)/t16-/m1/s1. The lowest BCUT2D eigenvalue weighted by Crippen LogP contribution is -2.30. The molecular formula is C17H15FN4O. The second-order valence-corrected chi connectivity index (χ2v) is 5.12. The molecule has 0 unspecified atom stereocenters. The van der Waals surface area contributed by atoms with Gasteiger partial charge in [0.2, 0.25) is 0 Å². The van der Waals surface area contributed by atoms with E-state index in [2.05, 4.69) is 20.5 Å². The summed E-state index contributed by atoms with van der Waals surface area (Å²) in [5.74, 6) is -0.596. The third-order valence-electron chi connectivity index (χ3n) is 3.54. The maximum Gasteiger partial charge on any atom is 0.255 e. The zero-order valence-corrected chi connectivity index (χ0v) is 12.5. The number of carbonyl (C=O) groups excluding carboxylic acids is 1. The van der Waals surface area contributed by atoms with Crippen molar-refractivity contribution >= 4 is 5.91 Å². The molecule has 0 aliphatic heterocycles. The van der Waals surface area contributed by atoms with Crippen molar-refractivity contribution in [3.63, 3.8) is 0 Å². The highest BCUT2D eigenvalue weighted by atomic mass is 19.1. The third kappa shape index (κ3) is 3.26. The van der Waals surface area contributed by atoms with Crippen LogP contribution in [0.3, 0.4) is 0 Å². The summed E-state index contributed by atoms with van der Waals surface area (Å²) in [5.41, 5.74) is 2.57. The number of H-pyrrole nitrogens is 1. The van der Waals surface area contributed by atoms with Crippen LogP contribution in [0.25, 0.3) is 0 Å². The van der Waals surface area contributed by atoms with E-state index in [1.165, 1.54) is 18.3 Å². The van der Waals surface area contributed by atoms with E-state index in [1.807, 2.05) is 12.1 Å². The van der Waals surface area contributed by atoms with Crippen molar-refractivity contribution in [1.82, 2.24) is 20.5 Å². The highest BCUT2D eigenvalue weighted by molar-refractivity contribution is 5.95. The molecule has 1 aromatic carbocycles. The number of halogens is 1. The number of rotatable bonds is 4. The number of aryl methyl sites for hydroxylation is 1.